The summed E-state index contributed by atoms with van der Waals surface area (Å²) in [5.74, 6) is 1.37. The minimum Gasteiger partial charge on any atom is -0.504 e. The van der Waals surface area contributed by atoms with E-state index in [0.29, 0.717) is 11.6 Å². The van der Waals surface area contributed by atoms with E-state index in [9.17, 15) is 13.5 Å². The fourth-order valence-corrected chi connectivity index (χ4v) is 7.42. The molecule has 1 saturated heterocycles. The third-order valence-corrected chi connectivity index (χ3v) is 10.5. The number of aryl methyl sites for hydroxylation is 1. The number of piperazine rings is 1. The number of furan rings is 1. The molecule has 4 N–H and O–H groups in total. The van der Waals surface area contributed by atoms with Crippen molar-refractivity contribution in [2.45, 2.75) is 57.2 Å². The SMILES string of the molecule is CCNS(=O)(=O)c1scc(Nc2nsnc2N[C@@H](c2cc(CCCCN3CCN(C)CC3)co2)C(C)(C)C)c1O. The molecule has 3 aromatic heterocycles. The fourth-order valence-electron chi connectivity index (χ4n) is 4.63. The van der Waals surface area contributed by atoms with Crippen molar-refractivity contribution in [1.82, 2.24) is 23.3 Å². The van der Waals surface area contributed by atoms with Crippen LogP contribution in [-0.2, 0) is 16.4 Å². The molecule has 0 bridgehead atoms. The van der Waals surface area contributed by atoms with Crippen LogP contribution in [0.15, 0.2) is 26.3 Å². The number of nitrogens with zero attached hydrogens (tertiary/aromatic N) is 4. The van der Waals surface area contributed by atoms with Crippen LogP contribution in [0.1, 0.15) is 57.9 Å². The maximum absolute atomic E-state index is 12.4. The number of sulfonamides is 1. The Morgan fingerprint density at radius 1 is 1.15 bits per heavy atom. The molecule has 4 heterocycles. The van der Waals surface area contributed by atoms with Crippen LogP contribution in [0.4, 0.5) is 17.3 Å². The standard InChI is InChI=1S/C26H41N7O4S3/c1-6-27-40(35,36)25-21(34)19(17-38-25)28-23-24(31-39-30-23)29-22(26(2,3)4)20-15-18(16-37-20)9-7-8-10-33-13-11-32(5)12-14-33/h15-17,22,27,34H,6-14H2,1-5H3,(H,28,30)(H,29,31)/t22-/m0/s1. The van der Waals surface area contributed by atoms with Crippen molar-refractivity contribution in [2.75, 3.05) is 56.9 Å². The number of unbranched alkanes of at least 4 members (excludes halogenated alkanes) is 1. The summed E-state index contributed by atoms with van der Waals surface area (Å²) in [4.78, 5) is 4.93. The Morgan fingerprint density at radius 3 is 2.58 bits per heavy atom. The first kappa shape index (κ1) is 30.7. The first-order valence-corrected chi connectivity index (χ1v) is 16.7. The normalized spacial score (nSPS) is 16.3. The summed E-state index contributed by atoms with van der Waals surface area (Å²) < 4.78 is 41.8. The molecule has 11 nitrogen and oxygen atoms in total. The van der Waals surface area contributed by atoms with Gasteiger partial charge >= 0.3 is 0 Å². The van der Waals surface area contributed by atoms with Crippen LogP contribution in [0.25, 0.3) is 0 Å². The van der Waals surface area contributed by atoms with Gasteiger partial charge in [0.05, 0.1) is 29.7 Å². The first-order chi connectivity index (χ1) is 19.0. The number of aromatic hydroxyl groups is 1. The zero-order valence-corrected chi connectivity index (χ0v) is 26.3. The summed E-state index contributed by atoms with van der Waals surface area (Å²) in [7, 11) is -1.60. The Morgan fingerprint density at radius 2 is 1.88 bits per heavy atom. The van der Waals surface area contributed by atoms with E-state index in [1.807, 2.05) is 6.26 Å². The molecule has 0 aromatic carbocycles. The number of rotatable bonds is 13. The van der Waals surface area contributed by atoms with Gasteiger partial charge in [-0.15, -0.1) is 11.3 Å². The van der Waals surface area contributed by atoms with Crippen LogP contribution in [0.2, 0.25) is 0 Å². The van der Waals surface area contributed by atoms with E-state index in [0.717, 1.165) is 80.8 Å². The Kier molecular flexibility index (Phi) is 10.1. The van der Waals surface area contributed by atoms with Gasteiger partial charge in [-0.2, -0.15) is 8.75 Å². The molecular weight excluding hydrogens is 571 g/mol. The molecule has 1 aliphatic heterocycles. The lowest BCUT2D eigenvalue weighted by Crippen LogP contribution is -2.44. The molecule has 1 aliphatic rings. The zero-order chi connectivity index (χ0) is 28.9. The average molecular weight is 612 g/mol. The van der Waals surface area contributed by atoms with Crippen molar-refractivity contribution in [1.29, 1.82) is 0 Å². The molecule has 3 aromatic rings. The van der Waals surface area contributed by atoms with Crippen LogP contribution >= 0.6 is 23.1 Å². The number of likely N-dealkylation sites (N-methyl/N-ethyl adjacent to an activating group) is 1. The largest absolute Gasteiger partial charge is 0.504 e. The van der Waals surface area contributed by atoms with Crippen LogP contribution in [-0.4, -0.2) is 78.4 Å². The van der Waals surface area contributed by atoms with Gasteiger partial charge in [0, 0.05) is 38.1 Å². The molecule has 14 heteroatoms. The lowest BCUT2D eigenvalue weighted by molar-refractivity contribution is 0.152. The van der Waals surface area contributed by atoms with Crippen molar-refractivity contribution in [3.05, 3.63) is 29.0 Å². The molecular formula is C26H41N7O4S3. The fraction of sp³-hybridized carbons (Fsp3) is 0.615. The highest BCUT2D eigenvalue weighted by atomic mass is 32.2. The van der Waals surface area contributed by atoms with Gasteiger partial charge in [-0.1, -0.05) is 27.7 Å². The molecule has 0 radical (unpaired) electrons. The predicted molar refractivity (Wildman–Crippen MR) is 161 cm³/mol. The van der Waals surface area contributed by atoms with Gasteiger partial charge in [-0.3, -0.25) is 0 Å². The predicted octanol–water partition coefficient (Wildman–Crippen LogP) is 4.71. The topological polar surface area (TPSA) is 136 Å². The van der Waals surface area contributed by atoms with Gasteiger partial charge in [0.15, 0.2) is 21.6 Å². The monoisotopic (exact) mass is 611 g/mol. The molecule has 0 spiro atoms. The number of hydrogen-bond acceptors (Lipinski definition) is 12. The second kappa shape index (κ2) is 13.2. The van der Waals surface area contributed by atoms with E-state index in [2.05, 4.69) is 67.8 Å². The van der Waals surface area contributed by atoms with Crippen LogP contribution in [0, 0.1) is 5.41 Å². The van der Waals surface area contributed by atoms with Gasteiger partial charge in [0.25, 0.3) is 10.0 Å². The second-order valence-corrected chi connectivity index (χ2v) is 14.6. The van der Waals surface area contributed by atoms with Crippen LogP contribution in [0.5, 0.6) is 5.75 Å². The van der Waals surface area contributed by atoms with Gasteiger partial charge < -0.3 is 30.0 Å². The summed E-state index contributed by atoms with van der Waals surface area (Å²) in [5, 5.41) is 18.6. The lowest BCUT2D eigenvalue weighted by Gasteiger charge is -2.32. The van der Waals surface area contributed by atoms with Gasteiger partial charge in [-0.25, -0.2) is 13.1 Å². The molecule has 0 saturated carbocycles. The number of thiophene rings is 1. The van der Waals surface area contributed by atoms with Crippen molar-refractivity contribution in [3.8, 4) is 5.75 Å². The number of anilines is 3. The minimum atomic E-state index is -3.78. The molecule has 0 aliphatic carbocycles. The molecule has 1 fully saturated rings. The average Bonchev–Trinajstić information content (AvgIpc) is 3.62. The third kappa shape index (κ3) is 7.74. The maximum atomic E-state index is 12.4. The van der Waals surface area contributed by atoms with Gasteiger partial charge in [0.2, 0.25) is 0 Å². The summed E-state index contributed by atoms with van der Waals surface area (Å²) in [6, 6.07) is 1.92. The number of nitrogens with one attached hydrogen (secondary N) is 3. The Bertz CT molecular complexity index is 1340. The number of hydrogen-bond donors (Lipinski definition) is 4. The van der Waals surface area contributed by atoms with Crippen molar-refractivity contribution < 1.29 is 17.9 Å². The van der Waals surface area contributed by atoms with E-state index < -0.39 is 10.0 Å². The summed E-state index contributed by atoms with van der Waals surface area (Å²) >= 11 is 1.96. The van der Waals surface area contributed by atoms with Crippen molar-refractivity contribution in [2.24, 2.45) is 5.41 Å². The van der Waals surface area contributed by atoms with Crippen molar-refractivity contribution in [3.63, 3.8) is 0 Å². The van der Waals surface area contributed by atoms with Crippen LogP contribution in [0.3, 0.4) is 0 Å². The maximum Gasteiger partial charge on any atom is 0.253 e. The molecule has 1 atom stereocenters. The summed E-state index contributed by atoms with van der Waals surface area (Å²) in [6.07, 6.45) is 5.09. The van der Waals surface area contributed by atoms with E-state index in [-0.39, 0.29) is 33.6 Å². The number of aromatic nitrogens is 2. The Hall–Kier alpha value is -2.23. The molecule has 222 valence electrons. The van der Waals surface area contributed by atoms with Crippen molar-refractivity contribution >= 4 is 50.4 Å². The van der Waals surface area contributed by atoms with Gasteiger partial charge in [-0.05, 0) is 49.9 Å². The third-order valence-electron chi connectivity index (χ3n) is 6.94. The van der Waals surface area contributed by atoms with Gasteiger partial charge in [0.1, 0.15) is 5.76 Å². The van der Waals surface area contributed by atoms with E-state index in [4.69, 9.17) is 4.42 Å². The minimum absolute atomic E-state index is 0.145. The smallest absolute Gasteiger partial charge is 0.253 e. The highest BCUT2D eigenvalue weighted by Crippen LogP contribution is 2.42. The lowest BCUT2D eigenvalue weighted by atomic mass is 9.85. The Labute approximate surface area is 245 Å². The summed E-state index contributed by atoms with van der Waals surface area (Å²) in [5.41, 5.74) is 1.22. The molecule has 0 unspecified atom stereocenters. The highest BCUT2D eigenvalue weighted by Gasteiger charge is 2.31. The van der Waals surface area contributed by atoms with E-state index >= 15 is 0 Å². The molecule has 4 rings (SSSR count). The zero-order valence-electron chi connectivity index (χ0n) is 23.9. The molecule has 0 amide bonds. The Balaban J connectivity index is 1.39. The highest BCUT2D eigenvalue weighted by molar-refractivity contribution is 7.91. The van der Waals surface area contributed by atoms with E-state index in [1.165, 1.54) is 5.56 Å². The summed E-state index contributed by atoms with van der Waals surface area (Å²) in [6.45, 7) is 14.0. The first-order valence-electron chi connectivity index (χ1n) is 13.6. The molecule has 40 heavy (non-hydrogen) atoms. The van der Waals surface area contributed by atoms with Crippen LogP contribution < -0.4 is 15.4 Å². The quantitative estimate of drug-likeness (QED) is 0.201. The van der Waals surface area contributed by atoms with E-state index in [1.54, 1.807) is 12.3 Å². The second-order valence-electron chi connectivity index (χ2n) is 11.3.